The standard InChI is InChI=1S/C16H22N2O4.CH2O2/c17-15(21)8-22-12-3-1-2-11(4-12)5-18-6-13-14(7-18)16(13,9-19)10-20;2-1-3/h1-4,13-14,19-20H,5-10H2,(H2,17,21);1H,(H,2,3). The predicted octanol–water partition coefficient (Wildman–Crippen LogP) is -0.716. The number of primary amides is 1. The van der Waals surface area contributed by atoms with E-state index >= 15 is 0 Å². The molecule has 0 spiro atoms. The molecule has 1 saturated heterocycles. The SMILES string of the molecule is NC(=O)COc1cccc(CN2CC3C(C2)C3(CO)CO)c1.O=CO. The predicted molar refractivity (Wildman–Crippen MR) is 88.7 cm³/mol. The molecule has 1 heterocycles. The van der Waals surface area contributed by atoms with Crippen LogP contribution in [0.1, 0.15) is 5.56 Å². The molecule has 0 radical (unpaired) electrons. The number of nitrogens with two attached hydrogens (primary N) is 1. The number of piperidine rings is 1. The number of amides is 1. The molecule has 2 atom stereocenters. The van der Waals surface area contributed by atoms with Crippen LogP contribution in [0.2, 0.25) is 0 Å². The van der Waals surface area contributed by atoms with Crippen molar-refractivity contribution in [1.29, 1.82) is 0 Å². The summed E-state index contributed by atoms with van der Waals surface area (Å²) >= 11 is 0. The van der Waals surface area contributed by atoms with E-state index < -0.39 is 5.91 Å². The number of rotatable bonds is 7. The van der Waals surface area contributed by atoms with Gasteiger partial charge in [0.2, 0.25) is 0 Å². The van der Waals surface area contributed by atoms with Gasteiger partial charge in [0.15, 0.2) is 6.61 Å². The van der Waals surface area contributed by atoms with Crippen LogP contribution in [0.4, 0.5) is 0 Å². The lowest BCUT2D eigenvalue weighted by molar-refractivity contribution is -0.123. The second kappa shape index (κ2) is 8.28. The number of aliphatic hydroxyl groups is 2. The Bertz CT molecular complexity index is 591. The summed E-state index contributed by atoms with van der Waals surface area (Å²) in [6.07, 6.45) is 0. The van der Waals surface area contributed by atoms with Crippen molar-refractivity contribution >= 4 is 12.4 Å². The lowest BCUT2D eigenvalue weighted by atomic mass is 10.0. The molecule has 1 aliphatic heterocycles. The van der Waals surface area contributed by atoms with Gasteiger partial charge in [-0.15, -0.1) is 0 Å². The summed E-state index contributed by atoms with van der Waals surface area (Å²) in [4.78, 5) is 21.4. The lowest BCUT2D eigenvalue weighted by Crippen LogP contribution is -2.31. The Hall–Kier alpha value is -2.16. The van der Waals surface area contributed by atoms with Gasteiger partial charge in [-0.1, -0.05) is 12.1 Å². The largest absolute Gasteiger partial charge is 0.484 e. The van der Waals surface area contributed by atoms with Gasteiger partial charge in [-0.3, -0.25) is 14.5 Å². The number of carbonyl (C=O) groups is 2. The fourth-order valence-corrected chi connectivity index (χ4v) is 3.71. The van der Waals surface area contributed by atoms with E-state index in [1.807, 2.05) is 18.2 Å². The van der Waals surface area contributed by atoms with Crippen molar-refractivity contribution in [2.75, 3.05) is 32.9 Å². The van der Waals surface area contributed by atoms with Gasteiger partial charge < -0.3 is 25.8 Å². The molecule has 1 aromatic rings. The van der Waals surface area contributed by atoms with Crippen LogP contribution < -0.4 is 10.5 Å². The van der Waals surface area contributed by atoms with Gasteiger partial charge >= 0.3 is 0 Å². The van der Waals surface area contributed by atoms with Crippen LogP contribution in [0, 0.1) is 17.3 Å². The maximum atomic E-state index is 10.7. The number of nitrogens with zero attached hydrogens (tertiary/aromatic N) is 1. The minimum absolute atomic E-state index is 0.0725. The van der Waals surface area contributed by atoms with Crippen LogP contribution in [-0.4, -0.2) is 65.5 Å². The maximum Gasteiger partial charge on any atom is 0.290 e. The molecule has 8 nitrogen and oxygen atoms in total. The average Bonchev–Trinajstić information content (AvgIpc) is 2.95. The summed E-state index contributed by atoms with van der Waals surface area (Å²) < 4.78 is 5.31. The first kappa shape index (κ1) is 19.2. The molecule has 8 heteroatoms. The number of likely N-dealkylation sites (tertiary alicyclic amines) is 1. The minimum Gasteiger partial charge on any atom is -0.484 e. The Kier molecular flexibility index (Phi) is 6.35. The molecule has 1 amide bonds. The molecule has 2 fully saturated rings. The van der Waals surface area contributed by atoms with Crippen LogP contribution in [0.25, 0.3) is 0 Å². The number of hydrogen-bond donors (Lipinski definition) is 4. The zero-order valence-electron chi connectivity index (χ0n) is 13.9. The molecule has 25 heavy (non-hydrogen) atoms. The first-order chi connectivity index (χ1) is 12.0. The number of hydrogen-bond acceptors (Lipinski definition) is 6. The number of fused-ring (bicyclic) bond motifs is 1. The number of aliphatic hydroxyl groups excluding tert-OH is 2. The van der Waals surface area contributed by atoms with E-state index in [1.165, 1.54) is 0 Å². The smallest absolute Gasteiger partial charge is 0.290 e. The van der Waals surface area contributed by atoms with Crippen molar-refractivity contribution in [3.63, 3.8) is 0 Å². The topological polar surface area (TPSA) is 133 Å². The van der Waals surface area contributed by atoms with E-state index in [0.29, 0.717) is 17.6 Å². The summed E-state index contributed by atoms with van der Waals surface area (Å²) in [5.74, 6) is 0.948. The minimum atomic E-state index is -0.491. The van der Waals surface area contributed by atoms with Gasteiger partial charge in [0.05, 0.1) is 13.2 Å². The van der Waals surface area contributed by atoms with Crippen LogP contribution in [0.5, 0.6) is 5.75 Å². The molecule has 2 unspecified atom stereocenters. The summed E-state index contributed by atoms with van der Waals surface area (Å²) in [6, 6.07) is 7.63. The highest BCUT2D eigenvalue weighted by Gasteiger charge is 2.67. The van der Waals surface area contributed by atoms with E-state index in [0.717, 1.165) is 25.2 Å². The fourth-order valence-electron chi connectivity index (χ4n) is 3.71. The molecule has 0 bridgehead atoms. The Morgan fingerprint density at radius 2 is 1.92 bits per heavy atom. The molecule has 1 aromatic carbocycles. The second-order valence-corrected chi connectivity index (χ2v) is 6.46. The van der Waals surface area contributed by atoms with Gasteiger partial charge in [-0.25, -0.2) is 0 Å². The highest BCUT2D eigenvalue weighted by atomic mass is 16.5. The lowest BCUT2D eigenvalue weighted by Gasteiger charge is -2.24. The van der Waals surface area contributed by atoms with E-state index in [1.54, 1.807) is 6.07 Å². The van der Waals surface area contributed by atoms with E-state index in [-0.39, 0.29) is 31.7 Å². The Morgan fingerprint density at radius 3 is 2.44 bits per heavy atom. The molecule has 1 aliphatic carbocycles. The fraction of sp³-hybridized carbons (Fsp3) is 0.529. The Labute approximate surface area is 145 Å². The van der Waals surface area contributed by atoms with Crippen molar-refractivity contribution in [2.45, 2.75) is 6.54 Å². The third kappa shape index (κ3) is 4.28. The van der Waals surface area contributed by atoms with Crippen LogP contribution in [0.15, 0.2) is 24.3 Å². The molecule has 1 saturated carbocycles. The molecule has 5 N–H and O–H groups in total. The normalized spacial score (nSPS) is 23.1. The van der Waals surface area contributed by atoms with Gasteiger partial charge in [-0.05, 0) is 29.5 Å². The summed E-state index contributed by atoms with van der Waals surface area (Å²) in [6.45, 7) is 2.38. The Morgan fingerprint density at radius 1 is 1.32 bits per heavy atom. The van der Waals surface area contributed by atoms with Gasteiger partial charge in [0, 0.05) is 25.0 Å². The van der Waals surface area contributed by atoms with E-state index in [2.05, 4.69) is 4.90 Å². The molecule has 0 aromatic heterocycles. The second-order valence-electron chi connectivity index (χ2n) is 6.46. The van der Waals surface area contributed by atoms with Crippen molar-refractivity contribution in [2.24, 2.45) is 23.0 Å². The van der Waals surface area contributed by atoms with Crippen molar-refractivity contribution in [3.05, 3.63) is 29.8 Å². The van der Waals surface area contributed by atoms with E-state index in [9.17, 15) is 15.0 Å². The van der Waals surface area contributed by atoms with E-state index in [4.69, 9.17) is 20.4 Å². The van der Waals surface area contributed by atoms with Gasteiger partial charge in [0.25, 0.3) is 12.4 Å². The van der Waals surface area contributed by atoms with Crippen LogP contribution >= 0.6 is 0 Å². The van der Waals surface area contributed by atoms with Crippen molar-refractivity contribution in [3.8, 4) is 5.75 Å². The first-order valence-electron chi connectivity index (χ1n) is 8.02. The Balaban J connectivity index is 0.000000701. The zero-order chi connectivity index (χ0) is 18.4. The van der Waals surface area contributed by atoms with Crippen molar-refractivity contribution < 1.29 is 29.6 Å². The molecular formula is C17H24N2O6. The molecular weight excluding hydrogens is 328 g/mol. The van der Waals surface area contributed by atoms with Crippen molar-refractivity contribution in [1.82, 2.24) is 4.90 Å². The highest BCUT2D eigenvalue weighted by molar-refractivity contribution is 5.75. The van der Waals surface area contributed by atoms with Gasteiger partial charge in [-0.2, -0.15) is 0 Å². The summed E-state index contributed by atoms with van der Waals surface area (Å²) in [5.41, 5.74) is 5.94. The van der Waals surface area contributed by atoms with Crippen LogP contribution in [0.3, 0.4) is 0 Å². The third-order valence-electron chi connectivity index (χ3n) is 5.04. The quantitative estimate of drug-likeness (QED) is 0.476. The number of carbonyl (C=O) groups excluding carboxylic acids is 1. The van der Waals surface area contributed by atoms with Crippen LogP contribution in [-0.2, 0) is 16.1 Å². The molecule has 2 aliphatic rings. The number of carboxylic acid groups (broad SMARTS) is 1. The monoisotopic (exact) mass is 352 g/mol. The maximum absolute atomic E-state index is 10.7. The average molecular weight is 352 g/mol. The first-order valence-corrected chi connectivity index (χ1v) is 8.02. The summed E-state index contributed by atoms with van der Waals surface area (Å²) in [7, 11) is 0. The third-order valence-corrected chi connectivity index (χ3v) is 5.04. The number of benzene rings is 1. The molecule has 3 rings (SSSR count). The highest BCUT2D eigenvalue weighted by Crippen LogP contribution is 2.62. The van der Waals surface area contributed by atoms with Gasteiger partial charge in [0.1, 0.15) is 5.75 Å². The summed E-state index contributed by atoms with van der Waals surface area (Å²) in [5, 5.41) is 25.8. The zero-order valence-corrected chi connectivity index (χ0v) is 13.9. The molecule has 138 valence electrons. The number of ether oxygens (including phenoxy) is 1.